The molecule has 178 valence electrons. The maximum atomic E-state index is 12.3. The van der Waals surface area contributed by atoms with E-state index in [0.717, 1.165) is 5.56 Å². The Hall–Kier alpha value is -4.32. The van der Waals surface area contributed by atoms with Gasteiger partial charge in [0, 0.05) is 30.3 Å². The predicted octanol–water partition coefficient (Wildman–Crippen LogP) is 2.20. The fraction of sp³-hybridized carbons (Fsp3) is 0.280. The number of esters is 1. The number of rotatable bonds is 10. The van der Waals surface area contributed by atoms with Crippen LogP contribution in [0.5, 0.6) is 0 Å². The third-order valence-electron chi connectivity index (χ3n) is 4.38. The molecule has 34 heavy (non-hydrogen) atoms. The molecule has 4 amide bonds. The Bertz CT molecular complexity index is 1040. The Kier molecular flexibility index (Phi) is 11.2. The number of anilines is 1. The molecular formula is C25H28N4O5. The summed E-state index contributed by atoms with van der Waals surface area (Å²) >= 11 is 0. The van der Waals surface area contributed by atoms with Crippen LogP contribution in [0.1, 0.15) is 35.7 Å². The smallest absolute Gasteiger partial charge is 0.319 e. The molecule has 0 aromatic heterocycles. The SMILES string of the molecule is CCOC(=O)CCC#CNC(=O)CNC(=O)c1cccc(NC(=O)NCCc2ccccc2)c1. The summed E-state index contributed by atoms with van der Waals surface area (Å²) in [6.07, 6.45) is 1.10. The molecule has 2 rings (SSSR count). The van der Waals surface area contributed by atoms with Gasteiger partial charge in [-0.15, -0.1) is 0 Å². The number of nitrogens with one attached hydrogen (secondary N) is 4. The molecule has 0 bridgehead atoms. The van der Waals surface area contributed by atoms with Crippen LogP contribution >= 0.6 is 0 Å². The first kappa shape index (κ1) is 25.9. The Morgan fingerprint density at radius 3 is 2.53 bits per heavy atom. The Morgan fingerprint density at radius 2 is 1.76 bits per heavy atom. The molecule has 2 aromatic carbocycles. The number of carbonyl (C=O) groups is 4. The van der Waals surface area contributed by atoms with Crippen molar-refractivity contribution >= 4 is 29.5 Å². The molecule has 0 aliphatic rings. The molecule has 0 radical (unpaired) electrons. The van der Waals surface area contributed by atoms with E-state index in [4.69, 9.17) is 4.74 Å². The van der Waals surface area contributed by atoms with Crippen LogP contribution in [0.2, 0.25) is 0 Å². The molecule has 0 spiro atoms. The minimum atomic E-state index is -0.496. The molecule has 4 N–H and O–H groups in total. The van der Waals surface area contributed by atoms with Gasteiger partial charge in [0.05, 0.1) is 19.6 Å². The lowest BCUT2D eigenvalue weighted by molar-refractivity contribution is -0.142. The van der Waals surface area contributed by atoms with Crippen molar-refractivity contribution in [1.82, 2.24) is 16.0 Å². The van der Waals surface area contributed by atoms with E-state index < -0.39 is 11.8 Å². The highest BCUT2D eigenvalue weighted by atomic mass is 16.5. The molecule has 0 unspecified atom stereocenters. The van der Waals surface area contributed by atoms with Gasteiger partial charge < -0.3 is 20.7 Å². The standard InChI is InChI=1S/C25H28N4O5/c1-2-34-23(31)13-6-7-15-26-22(30)18-28-24(32)20-11-8-12-21(17-20)29-25(33)27-16-14-19-9-4-3-5-10-19/h3-5,8-12,17H,2,6,13-14,16,18H2,1H3,(H,26,30)(H,28,32)(H2,27,29,33). The van der Waals surface area contributed by atoms with E-state index in [9.17, 15) is 19.2 Å². The highest BCUT2D eigenvalue weighted by Crippen LogP contribution is 2.10. The number of hydrogen-bond acceptors (Lipinski definition) is 5. The monoisotopic (exact) mass is 464 g/mol. The molecule has 9 nitrogen and oxygen atoms in total. The third kappa shape index (κ3) is 10.3. The van der Waals surface area contributed by atoms with Crippen LogP contribution in [0.3, 0.4) is 0 Å². The molecule has 0 fully saturated rings. The van der Waals surface area contributed by atoms with E-state index in [2.05, 4.69) is 33.2 Å². The van der Waals surface area contributed by atoms with Gasteiger partial charge in [0.1, 0.15) is 0 Å². The van der Waals surface area contributed by atoms with Gasteiger partial charge >= 0.3 is 12.0 Å². The zero-order valence-corrected chi connectivity index (χ0v) is 19.0. The van der Waals surface area contributed by atoms with Crippen LogP contribution in [0.25, 0.3) is 0 Å². The van der Waals surface area contributed by atoms with E-state index in [1.165, 1.54) is 6.07 Å². The maximum Gasteiger partial charge on any atom is 0.319 e. The van der Waals surface area contributed by atoms with Crippen molar-refractivity contribution in [3.05, 3.63) is 65.7 Å². The minimum absolute atomic E-state index is 0.142. The number of ether oxygens (including phenoxy) is 1. The second-order valence-corrected chi connectivity index (χ2v) is 7.03. The lowest BCUT2D eigenvalue weighted by Crippen LogP contribution is -2.35. The molecule has 0 heterocycles. The molecule has 0 saturated heterocycles. The van der Waals surface area contributed by atoms with Gasteiger partial charge in [0.15, 0.2) is 0 Å². The number of urea groups is 1. The number of hydrogen-bond donors (Lipinski definition) is 4. The summed E-state index contributed by atoms with van der Waals surface area (Å²) in [6, 6.07) is 18.2. The molecule has 0 saturated carbocycles. The van der Waals surface area contributed by atoms with Gasteiger partial charge in [-0.2, -0.15) is 0 Å². The average Bonchev–Trinajstić information content (AvgIpc) is 2.83. The molecule has 2 aromatic rings. The van der Waals surface area contributed by atoms with Crippen molar-refractivity contribution in [2.24, 2.45) is 0 Å². The normalized spacial score (nSPS) is 9.68. The lowest BCUT2D eigenvalue weighted by atomic mass is 10.1. The van der Waals surface area contributed by atoms with Crippen LogP contribution in [-0.4, -0.2) is 43.5 Å². The average molecular weight is 465 g/mol. The zero-order chi connectivity index (χ0) is 24.6. The molecule has 0 atom stereocenters. The van der Waals surface area contributed by atoms with Crippen molar-refractivity contribution in [3.63, 3.8) is 0 Å². The van der Waals surface area contributed by atoms with E-state index in [-0.39, 0.29) is 37.0 Å². The van der Waals surface area contributed by atoms with Gasteiger partial charge in [-0.25, -0.2) is 4.79 Å². The summed E-state index contributed by atoms with van der Waals surface area (Å²) in [7, 11) is 0. The maximum absolute atomic E-state index is 12.3. The summed E-state index contributed by atoms with van der Waals surface area (Å²) in [5, 5.41) is 10.3. The van der Waals surface area contributed by atoms with Gasteiger partial charge in [-0.3, -0.25) is 19.7 Å². The number of carbonyl (C=O) groups excluding carboxylic acids is 4. The van der Waals surface area contributed by atoms with E-state index in [1.54, 1.807) is 25.1 Å². The summed E-state index contributed by atoms with van der Waals surface area (Å²) in [4.78, 5) is 47.4. The van der Waals surface area contributed by atoms with Crippen molar-refractivity contribution in [3.8, 4) is 12.0 Å². The highest BCUT2D eigenvalue weighted by Gasteiger charge is 2.09. The van der Waals surface area contributed by atoms with Gasteiger partial charge in [-0.05, 0) is 37.1 Å². The topological polar surface area (TPSA) is 126 Å². The van der Waals surface area contributed by atoms with Gasteiger partial charge in [0.25, 0.3) is 11.8 Å². The molecule has 9 heteroatoms. The fourth-order valence-electron chi connectivity index (χ4n) is 2.76. The molecular weight excluding hydrogens is 436 g/mol. The van der Waals surface area contributed by atoms with Crippen LogP contribution in [-0.2, 0) is 20.7 Å². The molecule has 0 aliphatic heterocycles. The van der Waals surface area contributed by atoms with Gasteiger partial charge in [-0.1, -0.05) is 42.3 Å². The van der Waals surface area contributed by atoms with Crippen molar-refractivity contribution in [1.29, 1.82) is 0 Å². The first-order valence-corrected chi connectivity index (χ1v) is 10.9. The predicted molar refractivity (Wildman–Crippen MR) is 128 cm³/mol. The quantitative estimate of drug-likeness (QED) is 0.244. The number of benzene rings is 2. The summed E-state index contributed by atoms with van der Waals surface area (Å²) in [6.45, 7) is 2.22. The van der Waals surface area contributed by atoms with Crippen LogP contribution < -0.4 is 21.3 Å². The third-order valence-corrected chi connectivity index (χ3v) is 4.38. The van der Waals surface area contributed by atoms with E-state index in [1.807, 2.05) is 30.3 Å². The Labute approximate surface area is 198 Å². The second kappa shape index (κ2) is 14.7. The lowest BCUT2D eigenvalue weighted by Gasteiger charge is -2.09. The zero-order valence-electron chi connectivity index (χ0n) is 19.0. The van der Waals surface area contributed by atoms with Crippen molar-refractivity contribution < 1.29 is 23.9 Å². The van der Waals surface area contributed by atoms with Crippen molar-refractivity contribution in [2.75, 3.05) is 25.0 Å². The fourth-order valence-corrected chi connectivity index (χ4v) is 2.76. The van der Waals surface area contributed by atoms with E-state index in [0.29, 0.717) is 25.3 Å². The second-order valence-electron chi connectivity index (χ2n) is 7.03. The Morgan fingerprint density at radius 1 is 0.971 bits per heavy atom. The molecule has 0 aliphatic carbocycles. The highest BCUT2D eigenvalue weighted by molar-refractivity contribution is 5.98. The van der Waals surface area contributed by atoms with Gasteiger partial charge in [0.2, 0.25) is 0 Å². The minimum Gasteiger partial charge on any atom is -0.466 e. The Balaban J connectivity index is 1.71. The largest absolute Gasteiger partial charge is 0.466 e. The van der Waals surface area contributed by atoms with Crippen LogP contribution in [0.4, 0.5) is 10.5 Å². The van der Waals surface area contributed by atoms with Crippen molar-refractivity contribution in [2.45, 2.75) is 26.2 Å². The first-order chi connectivity index (χ1) is 16.5. The van der Waals surface area contributed by atoms with Crippen LogP contribution in [0, 0.1) is 12.0 Å². The summed E-state index contributed by atoms with van der Waals surface area (Å²) in [5.41, 5.74) is 1.85. The summed E-state index contributed by atoms with van der Waals surface area (Å²) < 4.78 is 4.77. The summed E-state index contributed by atoms with van der Waals surface area (Å²) in [5.74, 6) is 1.31. The van der Waals surface area contributed by atoms with Crippen LogP contribution in [0.15, 0.2) is 54.6 Å². The first-order valence-electron chi connectivity index (χ1n) is 10.9. The van der Waals surface area contributed by atoms with E-state index >= 15 is 0 Å². The number of amides is 4.